The predicted octanol–water partition coefficient (Wildman–Crippen LogP) is 0.820. The van der Waals surface area contributed by atoms with E-state index >= 15 is 0 Å². The molecule has 0 radical (unpaired) electrons. The summed E-state index contributed by atoms with van der Waals surface area (Å²) in [6, 6.07) is 1.63. The lowest BCUT2D eigenvalue weighted by Crippen LogP contribution is -2.53. The van der Waals surface area contributed by atoms with Gasteiger partial charge in [0.1, 0.15) is 0 Å². The Bertz CT molecular complexity index is 471. The molecule has 0 amide bonds. The fraction of sp³-hybridized carbons (Fsp3) is 1.00. The molecule has 5 rings (SSSR count). The summed E-state index contributed by atoms with van der Waals surface area (Å²) in [4.78, 5) is 8.46. The maximum atomic E-state index is 3.72. The van der Waals surface area contributed by atoms with Gasteiger partial charge in [-0.2, -0.15) is 0 Å². The fourth-order valence-electron chi connectivity index (χ4n) is 6.65. The second-order valence-electron chi connectivity index (χ2n) is 9.91. The third-order valence-corrected chi connectivity index (χ3v) is 8.26. The minimum Gasteiger partial charge on any atom is -0.316 e. The van der Waals surface area contributed by atoms with Crippen LogP contribution in [0.2, 0.25) is 0 Å². The van der Waals surface area contributed by atoms with Gasteiger partial charge in [0.25, 0.3) is 0 Å². The highest BCUT2D eigenvalue weighted by Crippen LogP contribution is 2.38. The summed E-state index contributed by atoms with van der Waals surface area (Å²) in [5, 5.41) is 7.34. The second-order valence-corrected chi connectivity index (χ2v) is 9.91. The summed E-state index contributed by atoms with van der Waals surface area (Å²) >= 11 is 0. The Balaban J connectivity index is 1.18. The van der Waals surface area contributed by atoms with Gasteiger partial charge in [-0.25, -0.2) is 0 Å². The molecular weight excluding hydrogens is 322 g/mol. The molecule has 0 saturated carbocycles. The maximum absolute atomic E-state index is 3.72. The average molecular weight is 362 g/mol. The van der Waals surface area contributed by atoms with Crippen molar-refractivity contribution in [3.05, 3.63) is 0 Å². The van der Waals surface area contributed by atoms with Crippen LogP contribution in [-0.4, -0.2) is 98.8 Å². The molecule has 5 aliphatic heterocycles. The molecule has 0 aromatic carbocycles. The number of piperidine rings is 1. The van der Waals surface area contributed by atoms with Gasteiger partial charge in [0.15, 0.2) is 0 Å². The minimum atomic E-state index is 0.608. The Kier molecular flexibility index (Phi) is 5.27. The molecule has 0 aliphatic carbocycles. The van der Waals surface area contributed by atoms with Crippen molar-refractivity contribution in [3.63, 3.8) is 0 Å². The second kappa shape index (κ2) is 7.67. The summed E-state index contributed by atoms with van der Waals surface area (Å²) in [6.07, 6.45) is 8.46. The van der Waals surface area contributed by atoms with Crippen LogP contribution in [0.15, 0.2) is 0 Å². The third kappa shape index (κ3) is 3.58. The standard InChI is InChI=1S/C21H39N5/c1-2-10-25(9-1)19-4-11-24(15-19)14-18-3-7-22-13-20(18)26-12-6-21(17-26)5-8-23-16-21/h18-20,22-23H,1-17H2. The molecule has 5 fully saturated rings. The third-order valence-electron chi connectivity index (χ3n) is 8.26. The Morgan fingerprint density at radius 2 is 1.81 bits per heavy atom. The number of nitrogens with zero attached hydrogens (tertiary/aromatic N) is 3. The summed E-state index contributed by atoms with van der Waals surface area (Å²) in [5.74, 6) is 0.873. The first-order chi connectivity index (χ1) is 12.8. The predicted molar refractivity (Wildman–Crippen MR) is 107 cm³/mol. The quantitative estimate of drug-likeness (QED) is 0.775. The Labute approximate surface area is 159 Å². The van der Waals surface area contributed by atoms with Crippen LogP contribution >= 0.6 is 0 Å². The van der Waals surface area contributed by atoms with E-state index in [1.54, 1.807) is 0 Å². The van der Waals surface area contributed by atoms with Crippen LogP contribution in [0.4, 0.5) is 0 Å². The number of rotatable bonds is 4. The summed E-state index contributed by atoms with van der Waals surface area (Å²) in [7, 11) is 0. The molecule has 0 aromatic rings. The molecule has 4 unspecified atom stereocenters. The van der Waals surface area contributed by atoms with Gasteiger partial charge < -0.3 is 15.5 Å². The highest BCUT2D eigenvalue weighted by Gasteiger charge is 2.44. The SMILES string of the molecule is C1CCN(C2CCN(CC3CCNCC3N3CCC4(CCNC4)C3)C2)C1. The molecular formula is C21H39N5. The van der Waals surface area contributed by atoms with E-state index in [1.807, 2.05) is 0 Å². The van der Waals surface area contributed by atoms with E-state index in [4.69, 9.17) is 0 Å². The molecule has 148 valence electrons. The number of likely N-dealkylation sites (tertiary alicyclic amines) is 3. The van der Waals surface area contributed by atoms with Crippen molar-refractivity contribution in [1.29, 1.82) is 0 Å². The summed E-state index contributed by atoms with van der Waals surface area (Å²) < 4.78 is 0. The van der Waals surface area contributed by atoms with Crippen molar-refractivity contribution in [2.75, 3.05) is 72.0 Å². The van der Waals surface area contributed by atoms with Gasteiger partial charge in [-0.3, -0.25) is 9.80 Å². The Morgan fingerprint density at radius 1 is 0.885 bits per heavy atom. The minimum absolute atomic E-state index is 0.608. The van der Waals surface area contributed by atoms with Crippen LogP contribution in [0.1, 0.15) is 38.5 Å². The first kappa shape index (κ1) is 17.9. The number of nitrogens with one attached hydrogen (secondary N) is 2. The normalized spacial score (nSPS) is 43.2. The molecule has 0 bridgehead atoms. The molecule has 26 heavy (non-hydrogen) atoms. The molecule has 5 saturated heterocycles. The van der Waals surface area contributed by atoms with Gasteiger partial charge in [-0.1, -0.05) is 0 Å². The van der Waals surface area contributed by atoms with E-state index in [2.05, 4.69) is 25.3 Å². The molecule has 2 N–H and O–H groups in total. The van der Waals surface area contributed by atoms with Gasteiger partial charge >= 0.3 is 0 Å². The van der Waals surface area contributed by atoms with Crippen LogP contribution in [0, 0.1) is 11.3 Å². The number of hydrogen-bond donors (Lipinski definition) is 2. The zero-order valence-corrected chi connectivity index (χ0v) is 16.6. The van der Waals surface area contributed by atoms with Crippen molar-refractivity contribution < 1.29 is 0 Å². The topological polar surface area (TPSA) is 33.8 Å². The molecule has 5 nitrogen and oxygen atoms in total. The lowest BCUT2D eigenvalue weighted by Gasteiger charge is -2.41. The molecule has 5 heteroatoms. The largest absolute Gasteiger partial charge is 0.316 e. The monoisotopic (exact) mass is 361 g/mol. The van der Waals surface area contributed by atoms with Crippen molar-refractivity contribution in [2.45, 2.75) is 50.6 Å². The van der Waals surface area contributed by atoms with Gasteiger partial charge in [-0.15, -0.1) is 0 Å². The van der Waals surface area contributed by atoms with Gasteiger partial charge in [0.2, 0.25) is 0 Å². The highest BCUT2D eigenvalue weighted by molar-refractivity contribution is 5.00. The highest BCUT2D eigenvalue weighted by atomic mass is 15.3. The van der Waals surface area contributed by atoms with Crippen LogP contribution in [-0.2, 0) is 0 Å². The van der Waals surface area contributed by atoms with Gasteiger partial charge in [0.05, 0.1) is 0 Å². The summed E-state index contributed by atoms with van der Waals surface area (Å²) in [6.45, 7) is 14.4. The van der Waals surface area contributed by atoms with Gasteiger partial charge in [-0.05, 0) is 89.1 Å². The Hall–Kier alpha value is -0.200. The van der Waals surface area contributed by atoms with Gasteiger partial charge in [0, 0.05) is 44.8 Å². The fourth-order valence-corrected chi connectivity index (χ4v) is 6.65. The zero-order valence-electron chi connectivity index (χ0n) is 16.6. The molecule has 5 aliphatic rings. The van der Waals surface area contributed by atoms with E-state index in [-0.39, 0.29) is 0 Å². The van der Waals surface area contributed by atoms with E-state index in [0.717, 1.165) is 18.0 Å². The van der Waals surface area contributed by atoms with Crippen LogP contribution in [0.5, 0.6) is 0 Å². The first-order valence-electron chi connectivity index (χ1n) is 11.4. The van der Waals surface area contributed by atoms with E-state index in [9.17, 15) is 0 Å². The zero-order chi connectivity index (χ0) is 17.4. The average Bonchev–Trinajstić information content (AvgIpc) is 3.45. The van der Waals surface area contributed by atoms with Crippen molar-refractivity contribution in [3.8, 4) is 0 Å². The molecule has 5 heterocycles. The lowest BCUT2D eigenvalue weighted by atomic mass is 9.86. The molecule has 4 atom stereocenters. The van der Waals surface area contributed by atoms with Crippen molar-refractivity contribution in [1.82, 2.24) is 25.3 Å². The molecule has 0 aromatic heterocycles. The maximum Gasteiger partial charge on any atom is 0.0261 e. The first-order valence-corrected chi connectivity index (χ1v) is 11.4. The summed E-state index contributed by atoms with van der Waals surface area (Å²) in [5.41, 5.74) is 0.608. The van der Waals surface area contributed by atoms with E-state index < -0.39 is 0 Å². The van der Waals surface area contributed by atoms with Crippen LogP contribution in [0.25, 0.3) is 0 Å². The van der Waals surface area contributed by atoms with E-state index in [1.165, 1.54) is 111 Å². The molecule has 1 spiro atoms. The van der Waals surface area contributed by atoms with Crippen molar-refractivity contribution >= 4 is 0 Å². The Morgan fingerprint density at radius 3 is 2.65 bits per heavy atom. The van der Waals surface area contributed by atoms with Crippen LogP contribution < -0.4 is 10.6 Å². The number of hydrogen-bond acceptors (Lipinski definition) is 5. The van der Waals surface area contributed by atoms with Crippen LogP contribution in [0.3, 0.4) is 0 Å². The smallest absolute Gasteiger partial charge is 0.0261 e. The van der Waals surface area contributed by atoms with E-state index in [0.29, 0.717) is 5.41 Å². The van der Waals surface area contributed by atoms with Crippen molar-refractivity contribution in [2.24, 2.45) is 11.3 Å². The lowest BCUT2D eigenvalue weighted by molar-refractivity contribution is 0.0989.